The van der Waals surface area contributed by atoms with Gasteiger partial charge in [0.2, 0.25) is 5.91 Å². The molecule has 1 unspecified atom stereocenters. The van der Waals surface area contributed by atoms with Crippen LogP contribution in [0.5, 0.6) is 0 Å². The summed E-state index contributed by atoms with van der Waals surface area (Å²) in [7, 11) is 0. The Kier molecular flexibility index (Phi) is 20.9. The zero-order chi connectivity index (χ0) is 24.9. The van der Waals surface area contributed by atoms with Crippen molar-refractivity contribution >= 4 is 11.8 Å². The predicted molar refractivity (Wildman–Crippen MR) is 123 cm³/mol. The molecule has 0 spiro atoms. The summed E-state index contributed by atoms with van der Waals surface area (Å²) in [6, 6.07) is 0.356. The van der Waals surface area contributed by atoms with Gasteiger partial charge in [-0.3, -0.25) is 4.79 Å². The van der Waals surface area contributed by atoms with Crippen molar-refractivity contribution in [3.05, 3.63) is 5.73 Å². The molecule has 0 bridgehead atoms. The Morgan fingerprint density at radius 3 is 1.45 bits per heavy atom. The van der Waals surface area contributed by atoms with Crippen molar-refractivity contribution in [1.82, 2.24) is 5.32 Å². The molecule has 1 atom stereocenters. The SMILES string of the molecule is CC(=O)NC1CCCC(C(C)(C)C)(C(C)(C)C)C1.CC(C)[O-].CC(C)[O-].CC([NH-])=O.[Ti+3]. The van der Waals surface area contributed by atoms with Crippen LogP contribution in [0.25, 0.3) is 5.73 Å². The van der Waals surface area contributed by atoms with Crippen LogP contribution in [-0.4, -0.2) is 30.1 Å². The molecule has 1 rings (SSSR count). The molecule has 0 aromatic rings. The maximum atomic E-state index is 11.3. The molecule has 2 N–H and O–H groups in total. The summed E-state index contributed by atoms with van der Waals surface area (Å²) in [5.74, 6) is -0.474. The maximum absolute atomic E-state index is 11.3. The van der Waals surface area contributed by atoms with Gasteiger partial charge in [0.25, 0.3) is 0 Å². The Labute approximate surface area is 207 Å². The van der Waals surface area contributed by atoms with Crippen molar-refractivity contribution in [3.63, 3.8) is 0 Å². The van der Waals surface area contributed by atoms with Crippen molar-refractivity contribution in [2.24, 2.45) is 16.2 Å². The van der Waals surface area contributed by atoms with Crippen LogP contribution >= 0.6 is 0 Å². The van der Waals surface area contributed by atoms with Crippen LogP contribution in [0.1, 0.15) is 109 Å². The molecule has 6 nitrogen and oxygen atoms in total. The van der Waals surface area contributed by atoms with Crippen LogP contribution in [0.4, 0.5) is 0 Å². The Morgan fingerprint density at radius 1 is 0.935 bits per heavy atom. The summed E-state index contributed by atoms with van der Waals surface area (Å²) >= 11 is 0. The summed E-state index contributed by atoms with van der Waals surface area (Å²) < 4.78 is 0. The standard InChI is InChI=1S/C16H31NO.2C3H7O.C2H5NO.Ti/c1-12(18)17-13-9-8-10-16(11-13,14(2,3)4)15(5,6)7;2*1-3(2)4;1-2(3)4;/h13H,8-11H2,1-7H3,(H,17,18);2*3H,1-2H3;1H3,(H2,3,4);/q;2*-1;;+3/p-1. The Balaban J connectivity index is -0.000000232. The minimum absolute atomic E-state index is 0. The van der Waals surface area contributed by atoms with Gasteiger partial charge >= 0.3 is 21.7 Å². The van der Waals surface area contributed by atoms with Crippen molar-refractivity contribution in [2.75, 3.05) is 0 Å². The van der Waals surface area contributed by atoms with Crippen LogP contribution in [0, 0.1) is 16.2 Å². The van der Waals surface area contributed by atoms with Gasteiger partial charge < -0.3 is 26.1 Å². The minimum Gasteiger partial charge on any atom is -0.852 e. The van der Waals surface area contributed by atoms with Crippen LogP contribution in [0.2, 0.25) is 0 Å². The number of carbonyl (C=O) groups is 2. The van der Waals surface area contributed by atoms with E-state index in [0.717, 1.165) is 12.8 Å². The zero-order valence-corrected chi connectivity index (χ0v) is 23.8. The molecule has 0 aromatic heterocycles. The average Bonchev–Trinajstić information content (AvgIpc) is 2.42. The second-order valence-corrected chi connectivity index (χ2v) is 10.7. The summed E-state index contributed by atoms with van der Waals surface area (Å²) in [4.78, 5) is 20.4. The molecule has 1 aliphatic carbocycles. The van der Waals surface area contributed by atoms with Crippen LogP contribution in [0.3, 0.4) is 0 Å². The van der Waals surface area contributed by atoms with Gasteiger partial charge in [0.15, 0.2) is 0 Å². The van der Waals surface area contributed by atoms with Gasteiger partial charge in [0.05, 0.1) is 0 Å². The van der Waals surface area contributed by atoms with Gasteiger partial charge in [-0.2, -0.15) is 0 Å². The van der Waals surface area contributed by atoms with E-state index >= 15 is 0 Å². The molecule has 7 heteroatoms. The molecule has 0 saturated heterocycles. The molecule has 1 fully saturated rings. The Bertz CT molecular complexity index is 451. The zero-order valence-electron chi connectivity index (χ0n) is 22.2. The number of hydrogen-bond donors (Lipinski definition) is 1. The van der Waals surface area contributed by atoms with E-state index in [1.165, 1.54) is 19.8 Å². The van der Waals surface area contributed by atoms with E-state index in [9.17, 15) is 15.0 Å². The monoisotopic (exact) mass is 477 g/mol. The quantitative estimate of drug-likeness (QED) is 0.569. The van der Waals surface area contributed by atoms with Gasteiger partial charge in [-0.1, -0.05) is 75.7 Å². The first-order valence-corrected chi connectivity index (χ1v) is 11.0. The number of hydrogen-bond acceptors (Lipinski definition) is 4. The fourth-order valence-corrected chi connectivity index (χ4v) is 4.17. The molecule has 2 amide bonds. The van der Waals surface area contributed by atoms with E-state index < -0.39 is 18.1 Å². The van der Waals surface area contributed by atoms with Gasteiger partial charge in [-0.15, -0.1) is 12.2 Å². The first kappa shape index (κ1) is 37.9. The predicted octanol–water partition coefficient (Wildman–Crippen LogP) is 4.24. The molecule has 1 radical (unpaired) electrons. The first-order valence-electron chi connectivity index (χ1n) is 11.0. The molecule has 0 aromatic carbocycles. The van der Waals surface area contributed by atoms with Crippen molar-refractivity contribution < 1.29 is 41.5 Å². The van der Waals surface area contributed by atoms with Crippen LogP contribution in [-0.2, 0) is 31.3 Å². The molecular weight excluding hydrogens is 428 g/mol. The normalized spacial score (nSPS) is 17.5. The first-order chi connectivity index (χ1) is 13.2. The molecule has 1 saturated carbocycles. The van der Waals surface area contributed by atoms with Gasteiger partial charge in [0, 0.05) is 18.9 Å². The number of carbonyl (C=O) groups excluding carboxylic acids is 2. The molecule has 1 aliphatic rings. The van der Waals surface area contributed by atoms with E-state index in [1.54, 1.807) is 34.6 Å². The van der Waals surface area contributed by atoms with Crippen LogP contribution < -0.4 is 15.5 Å². The fourth-order valence-electron chi connectivity index (χ4n) is 4.17. The molecule has 0 heterocycles. The summed E-state index contributed by atoms with van der Waals surface area (Å²) in [5, 5.41) is 22.2. The summed E-state index contributed by atoms with van der Waals surface area (Å²) in [6.07, 6.45) is 3.91. The van der Waals surface area contributed by atoms with Gasteiger partial charge in [0.1, 0.15) is 0 Å². The Hall–Kier alpha value is -0.426. The topological polar surface area (TPSA) is 116 Å². The van der Waals surface area contributed by atoms with Crippen molar-refractivity contribution in [1.29, 1.82) is 0 Å². The number of nitrogens with one attached hydrogen (secondary N) is 2. The molecule has 0 aliphatic heterocycles. The number of rotatable bonds is 1. The third kappa shape index (κ3) is 19.9. The van der Waals surface area contributed by atoms with E-state index in [4.69, 9.17) is 10.5 Å². The molecule has 183 valence electrons. The second kappa shape index (κ2) is 17.1. The van der Waals surface area contributed by atoms with E-state index in [0.29, 0.717) is 11.5 Å². The van der Waals surface area contributed by atoms with Gasteiger partial charge in [-0.05, 0) is 42.4 Å². The van der Waals surface area contributed by atoms with Crippen molar-refractivity contribution in [3.8, 4) is 0 Å². The second-order valence-electron chi connectivity index (χ2n) is 10.7. The van der Waals surface area contributed by atoms with Crippen molar-refractivity contribution in [2.45, 2.75) is 127 Å². The van der Waals surface area contributed by atoms with E-state index in [-0.39, 0.29) is 38.5 Å². The third-order valence-corrected chi connectivity index (χ3v) is 5.03. The van der Waals surface area contributed by atoms with E-state index in [2.05, 4.69) is 46.9 Å². The maximum Gasteiger partial charge on any atom is 3.00 e. The molecule has 31 heavy (non-hydrogen) atoms. The fraction of sp³-hybridized carbons (Fsp3) is 0.917. The molecular formula is C24H49N2O4Ti. The Morgan fingerprint density at radius 2 is 1.23 bits per heavy atom. The van der Waals surface area contributed by atoms with E-state index in [1.807, 2.05) is 0 Å². The average molecular weight is 478 g/mol. The van der Waals surface area contributed by atoms with Crippen LogP contribution in [0.15, 0.2) is 0 Å². The summed E-state index contributed by atoms with van der Waals surface area (Å²) in [6.45, 7) is 23.4. The summed E-state index contributed by atoms with van der Waals surface area (Å²) in [5.41, 5.74) is 6.77. The van der Waals surface area contributed by atoms with Gasteiger partial charge in [-0.25, -0.2) is 0 Å². The third-order valence-electron chi connectivity index (χ3n) is 5.03. The minimum atomic E-state index is -0.583. The number of amides is 2. The largest absolute Gasteiger partial charge is 3.00 e. The smallest absolute Gasteiger partial charge is 0.852 e.